The molecule has 0 aromatic heterocycles. The molecule has 0 radical (unpaired) electrons. The molecule has 0 aliphatic heterocycles. The lowest BCUT2D eigenvalue weighted by Gasteiger charge is -2.31. The van der Waals surface area contributed by atoms with Crippen molar-refractivity contribution in [2.24, 2.45) is 0 Å². The zero-order valence-corrected chi connectivity index (χ0v) is 16.7. The Kier molecular flexibility index (Phi) is 5.50. The number of benzene rings is 3. The number of fused-ring (bicyclic) bond motifs is 1. The van der Waals surface area contributed by atoms with Gasteiger partial charge < -0.3 is 9.64 Å². The number of methoxy groups -OCH3 is 1. The maximum absolute atomic E-state index is 13.3. The maximum Gasteiger partial charge on any atom is 0.254 e. The SMILES string of the molecule is COc1ccc2cc(-c3ccccc3C(=O)N(C(C)C)C(C)C)ccc2c1. The van der Waals surface area contributed by atoms with E-state index >= 15 is 0 Å². The summed E-state index contributed by atoms with van der Waals surface area (Å²) in [5.41, 5.74) is 2.75. The van der Waals surface area contributed by atoms with Gasteiger partial charge in [0.15, 0.2) is 0 Å². The van der Waals surface area contributed by atoms with E-state index in [1.807, 2.05) is 41.3 Å². The quantitative estimate of drug-likeness (QED) is 0.577. The van der Waals surface area contributed by atoms with Crippen LogP contribution in [0, 0.1) is 0 Å². The van der Waals surface area contributed by atoms with Crippen molar-refractivity contribution in [3.63, 3.8) is 0 Å². The van der Waals surface area contributed by atoms with E-state index in [0.717, 1.165) is 33.2 Å². The minimum absolute atomic E-state index is 0.0745. The summed E-state index contributed by atoms with van der Waals surface area (Å²) in [4.78, 5) is 15.2. The molecule has 0 saturated carbocycles. The summed E-state index contributed by atoms with van der Waals surface area (Å²) in [5, 5.41) is 2.24. The Bertz CT molecular complexity index is 952. The van der Waals surface area contributed by atoms with Crippen LogP contribution in [0.5, 0.6) is 5.75 Å². The Balaban J connectivity index is 2.08. The lowest BCUT2D eigenvalue weighted by atomic mass is 9.96. The van der Waals surface area contributed by atoms with Crippen molar-refractivity contribution < 1.29 is 9.53 Å². The predicted octanol–water partition coefficient (Wildman–Crippen LogP) is 5.77. The van der Waals surface area contributed by atoms with Crippen LogP contribution in [0.15, 0.2) is 60.7 Å². The highest BCUT2D eigenvalue weighted by atomic mass is 16.5. The average Bonchev–Trinajstić information content (AvgIpc) is 2.66. The number of hydrogen-bond acceptors (Lipinski definition) is 2. The molecule has 0 spiro atoms. The first-order valence-corrected chi connectivity index (χ1v) is 9.42. The highest BCUT2D eigenvalue weighted by molar-refractivity contribution is 6.02. The van der Waals surface area contributed by atoms with Crippen molar-refractivity contribution in [1.29, 1.82) is 0 Å². The molecule has 0 N–H and O–H groups in total. The Morgan fingerprint density at radius 3 is 2.15 bits per heavy atom. The molecule has 3 nitrogen and oxygen atoms in total. The minimum Gasteiger partial charge on any atom is -0.497 e. The van der Waals surface area contributed by atoms with Gasteiger partial charge in [-0.2, -0.15) is 0 Å². The Hall–Kier alpha value is -2.81. The second-order valence-corrected chi connectivity index (χ2v) is 7.37. The van der Waals surface area contributed by atoms with Gasteiger partial charge in [0.2, 0.25) is 0 Å². The van der Waals surface area contributed by atoms with Crippen LogP contribution < -0.4 is 4.74 Å². The number of amides is 1. The van der Waals surface area contributed by atoms with Gasteiger partial charge in [-0.25, -0.2) is 0 Å². The van der Waals surface area contributed by atoms with Crippen LogP contribution in [0.2, 0.25) is 0 Å². The largest absolute Gasteiger partial charge is 0.497 e. The molecule has 3 aromatic rings. The first-order valence-electron chi connectivity index (χ1n) is 9.42. The van der Waals surface area contributed by atoms with Gasteiger partial charge in [0.1, 0.15) is 5.75 Å². The molecule has 1 amide bonds. The second-order valence-electron chi connectivity index (χ2n) is 7.37. The third kappa shape index (κ3) is 3.82. The van der Waals surface area contributed by atoms with Gasteiger partial charge in [-0.1, -0.05) is 36.4 Å². The van der Waals surface area contributed by atoms with Crippen LogP contribution in [0.3, 0.4) is 0 Å². The lowest BCUT2D eigenvalue weighted by Crippen LogP contribution is -2.42. The van der Waals surface area contributed by atoms with Crippen LogP contribution in [0.4, 0.5) is 0 Å². The Labute approximate surface area is 161 Å². The van der Waals surface area contributed by atoms with Crippen LogP contribution in [-0.4, -0.2) is 30.0 Å². The number of hydrogen-bond donors (Lipinski definition) is 0. The first-order chi connectivity index (χ1) is 12.9. The van der Waals surface area contributed by atoms with E-state index in [1.165, 1.54) is 0 Å². The Morgan fingerprint density at radius 2 is 1.48 bits per heavy atom. The van der Waals surface area contributed by atoms with Crippen LogP contribution in [-0.2, 0) is 0 Å². The van der Waals surface area contributed by atoms with Gasteiger partial charge in [-0.05, 0) is 73.9 Å². The van der Waals surface area contributed by atoms with Crippen molar-refractivity contribution >= 4 is 16.7 Å². The van der Waals surface area contributed by atoms with E-state index in [0.29, 0.717) is 0 Å². The average molecular weight is 361 g/mol. The van der Waals surface area contributed by atoms with Crippen LogP contribution in [0.25, 0.3) is 21.9 Å². The van der Waals surface area contributed by atoms with Crippen molar-refractivity contribution in [2.45, 2.75) is 39.8 Å². The monoisotopic (exact) mass is 361 g/mol. The molecule has 3 heteroatoms. The molecule has 0 heterocycles. The highest BCUT2D eigenvalue weighted by Crippen LogP contribution is 2.30. The Morgan fingerprint density at radius 1 is 0.852 bits per heavy atom. The standard InChI is InChI=1S/C24H27NO2/c1-16(2)25(17(3)4)24(26)23-9-7-6-8-22(23)20-11-10-19-15-21(27-5)13-12-18(19)14-20/h6-17H,1-5H3. The highest BCUT2D eigenvalue weighted by Gasteiger charge is 2.23. The fourth-order valence-corrected chi connectivity index (χ4v) is 3.64. The van der Waals surface area contributed by atoms with Gasteiger partial charge in [0.25, 0.3) is 5.91 Å². The molecule has 0 aliphatic carbocycles. The maximum atomic E-state index is 13.3. The van der Waals surface area contributed by atoms with Gasteiger partial charge in [0, 0.05) is 17.6 Å². The van der Waals surface area contributed by atoms with Crippen molar-refractivity contribution in [1.82, 2.24) is 4.90 Å². The number of nitrogens with zero attached hydrogens (tertiary/aromatic N) is 1. The second kappa shape index (κ2) is 7.83. The van der Waals surface area contributed by atoms with Gasteiger partial charge in [0.05, 0.1) is 7.11 Å². The van der Waals surface area contributed by atoms with E-state index in [9.17, 15) is 4.79 Å². The first kappa shape index (κ1) is 19.0. The van der Waals surface area contributed by atoms with Crippen LogP contribution >= 0.6 is 0 Å². The third-order valence-electron chi connectivity index (χ3n) is 4.86. The zero-order valence-electron chi connectivity index (χ0n) is 16.7. The fourth-order valence-electron chi connectivity index (χ4n) is 3.64. The summed E-state index contributed by atoms with van der Waals surface area (Å²) in [7, 11) is 1.67. The molecular formula is C24H27NO2. The number of carbonyl (C=O) groups is 1. The summed E-state index contributed by atoms with van der Waals surface area (Å²) in [6, 6.07) is 20.5. The van der Waals surface area contributed by atoms with Gasteiger partial charge in [-0.15, -0.1) is 0 Å². The normalized spacial score (nSPS) is 11.2. The minimum atomic E-state index is 0.0745. The molecule has 140 valence electrons. The summed E-state index contributed by atoms with van der Waals surface area (Å²) in [6.07, 6.45) is 0. The molecule has 0 saturated heterocycles. The topological polar surface area (TPSA) is 29.5 Å². The molecule has 0 atom stereocenters. The number of carbonyl (C=O) groups excluding carboxylic acids is 1. The van der Waals surface area contributed by atoms with Gasteiger partial charge >= 0.3 is 0 Å². The summed E-state index contributed by atoms with van der Waals surface area (Å²) in [5.74, 6) is 0.917. The summed E-state index contributed by atoms with van der Waals surface area (Å²) < 4.78 is 5.31. The van der Waals surface area contributed by atoms with Gasteiger partial charge in [-0.3, -0.25) is 4.79 Å². The van der Waals surface area contributed by atoms with Crippen LogP contribution in [0.1, 0.15) is 38.1 Å². The smallest absolute Gasteiger partial charge is 0.254 e. The summed E-state index contributed by atoms with van der Waals surface area (Å²) >= 11 is 0. The van der Waals surface area contributed by atoms with E-state index in [4.69, 9.17) is 4.74 Å². The lowest BCUT2D eigenvalue weighted by molar-refractivity contribution is 0.0644. The van der Waals surface area contributed by atoms with E-state index in [2.05, 4.69) is 52.0 Å². The predicted molar refractivity (Wildman–Crippen MR) is 112 cm³/mol. The summed E-state index contributed by atoms with van der Waals surface area (Å²) in [6.45, 7) is 8.24. The molecule has 3 rings (SSSR count). The van der Waals surface area contributed by atoms with Crippen molar-refractivity contribution in [3.05, 3.63) is 66.2 Å². The molecular weight excluding hydrogens is 334 g/mol. The van der Waals surface area contributed by atoms with E-state index in [1.54, 1.807) is 7.11 Å². The molecule has 0 bridgehead atoms. The number of ether oxygens (including phenoxy) is 1. The molecule has 0 unspecified atom stereocenters. The molecule has 3 aromatic carbocycles. The third-order valence-corrected chi connectivity index (χ3v) is 4.86. The fraction of sp³-hybridized carbons (Fsp3) is 0.292. The van der Waals surface area contributed by atoms with E-state index in [-0.39, 0.29) is 18.0 Å². The molecule has 27 heavy (non-hydrogen) atoms. The molecule has 0 aliphatic rings. The van der Waals surface area contributed by atoms with Crippen molar-refractivity contribution in [3.8, 4) is 16.9 Å². The van der Waals surface area contributed by atoms with Crippen molar-refractivity contribution in [2.75, 3.05) is 7.11 Å². The number of rotatable bonds is 5. The van der Waals surface area contributed by atoms with E-state index < -0.39 is 0 Å². The zero-order chi connectivity index (χ0) is 19.6. The molecule has 0 fully saturated rings.